The van der Waals surface area contributed by atoms with E-state index in [9.17, 15) is 0 Å². The largest absolute Gasteiger partial charge is 0.493 e. The van der Waals surface area contributed by atoms with Gasteiger partial charge in [0.15, 0.2) is 0 Å². The molecular formula is C15H26N2O. The second-order valence-corrected chi connectivity index (χ2v) is 5.74. The predicted octanol–water partition coefficient (Wildman–Crippen LogP) is 2.65. The molecule has 102 valence electrons. The van der Waals surface area contributed by atoms with Crippen molar-refractivity contribution < 1.29 is 4.74 Å². The number of ether oxygens (including phenoxy) is 1. The fraction of sp³-hybridized carbons (Fsp3) is 0.600. The van der Waals surface area contributed by atoms with Crippen molar-refractivity contribution in [2.45, 2.75) is 46.1 Å². The molecule has 0 aliphatic carbocycles. The lowest BCUT2D eigenvalue weighted by Gasteiger charge is -2.25. The molecule has 0 radical (unpaired) electrons. The van der Waals surface area contributed by atoms with Crippen molar-refractivity contribution in [1.29, 1.82) is 0 Å². The molecule has 0 saturated carbocycles. The summed E-state index contributed by atoms with van der Waals surface area (Å²) in [6.45, 7) is 11.7. The van der Waals surface area contributed by atoms with E-state index in [2.05, 4.69) is 39.8 Å². The Hall–Kier alpha value is -1.06. The highest BCUT2D eigenvalue weighted by molar-refractivity contribution is 5.47. The summed E-state index contributed by atoms with van der Waals surface area (Å²) in [4.78, 5) is 0. The van der Waals surface area contributed by atoms with Crippen LogP contribution in [0.15, 0.2) is 12.1 Å². The van der Waals surface area contributed by atoms with Gasteiger partial charge in [0.05, 0.1) is 6.61 Å². The molecule has 3 nitrogen and oxygen atoms in total. The molecule has 1 rings (SSSR count). The van der Waals surface area contributed by atoms with E-state index in [4.69, 9.17) is 16.2 Å². The molecule has 4 N–H and O–H groups in total. The topological polar surface area (TPSA) is 61.3 Å². The van der Waals surface area contributed by atoms with Crippen LogP contribution in [0.1, 0.15) is 50.4 Å². The molecule has 3 heteroatoms. The van der Waals surface area contributed by atoms with E-state index < -0.39 is 0 Å². The molecule has 0 amide bonds. The quantitative estimate of drug-likeness (QED) is 0.863. The maximum Gasteiger partial charge on any atom is 0.127 e. The van der Waals surface area contributed by atoms with Crippen molar-refractivity contribution in [2.75, 3.05) is 13.2 Å². The van der Waals surface area contributed by atoms with Gasteiger partial charge in [-0.15, -0.1) is 0 Å². The predicted molar refractivity (Wildman–Crippen MR) is 77.0 cm³/mol. The number of benzene rings is 1. The van der Waals surface area contributed by atoms with E-state index in [1.165, 1.54) is 5.56 Å². The van der Waals surface area contributed by atoms with Gasteiger partial charge in [0.25, 0.3) is 0 Å². The van der Waals surface area contributed by atoms with Crippen LogP contribution >= 0.6 is 0 Å². The second kappa shape index (κ2) is 5.72. The Morgan fingerprint density at radius 3 is 2.33 bits per heavy atom. The van der Waals surface area contributed by atoms with Crippen LogP contribution in [0.4, 0.5) is 0 Å². The van der Waals surface area contributed by atoms with E-state index in [1.807, 2.05) is 6.92 Å². The summed E-state index contributed by atoms with van der Waals surface area (Å²) in [6.07, 6.45) is 0. The average molecular weight is 250 g/mol. The number of hydrogen-bond acceptors (Lipinski definition) is 3. The first-order valence-electron chi connectivity index (χ1n) is 6.54. The maximum absolute atomic E-state index is 6.10. The minimum absolute atomic E-state index is 0.0958. The molecule has 0 saturated heterocycles. The minimum Gasteiger partial charge on any atom is -0.493 e. The smallest absolute Gasteiger partial charge is 0.127 e. The first kappa shape index (κ1) is 15.0. The van der Waals surface area contributed by atoms with Crippen molar-refractivity contribution in [3.05, 3.63) is 28.8 Å². The molecule has 0 heterocycles. The molecule has 0 aromatic heterocycles. The van der Waals surface area contributed by atoms with Crippen LogP contribution in [0, 0.1) is 6.92 Å². The van der Waals surface area contributed by atoms with Gasteiger partial charge in [-0.1, -0.05) is 26.8 Å². The van der Waals surface area contributed by atoms with Crippen LogP contribution in [0.3, 0.4) is 0 Å². The van der Waals surface area contributed by atoms with Crippen LogP contribution in [-0.2, 0) is 5.41 Å². The maximum atomic E-state index is 6.10. The van der Waals surface area contributed by atoms with Gasteiger partial charge in [-0.3, -0.25) is 0 Å². The summed E-state index contributed by atoms with van der Waals surface area (Å²) < 4.78 is 5.72. The van der Waals surface area contributed by atoms with Gasteiger partial charge in [0, 0.05) is 18.2 Å². The Morgan fingerprint density at radius 1 is 1.28 bits per heavy atom. The van der Waals surface area contributed by atoms with Gasteiger partial charge in [0.1, 0.15) is 5.75 Å². The molecule has 1 unspecified atom stereocenters. The molecule has 0 aliphatic heterocycles. The summed E-state index contributed by atoms with van der Waals surface area (Å²) in [5, 5.41) is 0. The van der Waals surface area contributed by atoms with Gasteiger partial charge >= 0.3 is 0 Å². The van der Waals surface area contributed by atoms with Crippen molar-refractivity contribution in [2.24, 2.45) is 11.5 Å². The molecule has 1 aromatic carbocycles. The highest BCUT2D eigenvalue weighted by Gasteiger charge is 2.20. The lowest BCUT2D eigenvalue weighted by Crippen LogP contribution is -2.23. The molecular weight excluding hydrogens is 224 g/mol. The summed E-state index contributed by atoms with van der Waals surface area (Å²) in [6, 6.07) is 4.14. The average Bonchev–Trinajstić information content (AvgIpc) is 2.29. The van der Waals surface area contributed by atoms with Crippen LogP contribution in [0.2, 0.25) is 0 Å². The van der Waals surface area contributed by atoms with Gasteiger partial charge in [-0.2, -0.15) is 0 Å². The van der Waals surface area contributed by atoms with Crippen molar-refractivity contribution in [3.63, 3.8) is 0 Å². The summed E-state index contributed by atoms with van der Waals surface area (Å²) >= 11 is 0. The molecule has 0 spiro atoms. The molecule has 1 atom stereocenters. The lowest BCUT2D eigenvalue weighted by atomic mass is 9.84. The van der Waals surface area contributed by atoms with Crippen LogP contribution in [-0.4, -0.2) is 13.2 Å². The first-order chi connectivity index (χ1) is 8.31. The molecule has 1 aromatic rings. The SMILES string of the molecule is CCOc1c(C)cc(C(C)(C)C)cc1C(N)CN. The normalized spacial score (nSPS) is 13.5. The van der Waals surface area contributed by atoms with Gasteiger partial charge < -0.3 is 16.2 Å². The van der Waals surface area contributed by atoms with Gasteiger partial charge in [0.2, 0.25) is 0 Å². The van der Waals surface area contributed by atoms with Gasteiger partial charge in [-0.05, 0) is 36.5 Å². The number of hydrogen-bond donors (Lipinski definition) is 2. The van der Waals surface area contributed by atoms with Gasteiger partial charge in [-0.25, -0.2) is 0 Å². The fourth-order valence-corrected chi connectivity index (χ4v) is 1.98. The fourth-order valence-electron chi connectivity index (χ4n) is 1.98. The third-order valence-electron chi connectivity index (χ3n) is 3.11. The summed E-state index contributed by atoms with van der Waals surface area (Å²) in [5.74, 6) is 0.892. The zero-order valence-electron chi connectivity index (χ0n) is 12.2. The molecule has 0 bridgehead atoms. The Labute approximate surface area is 111 Å². The zero-order valence-corrected chi connectivity index (χ0v) is 12.2. The van der Waals surface area contributed by atoms with E-state index in [0.717, 1.165) is 16.9 Å². The second-order valence-electron chi connectivity index (χ2n) is 5.74. The van der Waals surface area contributed by atoms with E-state index >= 15 is 0 Å². The van der Waals surface area contributed by atoms with E-state index in [0.29, 0.717) is 13.2 Å². The third kappa shape index (κ3) is 3.24. The minimum atomic E-state index is -0.174. The molecule has 0 aliphatic rings. The van der Waals surface area contributed by atoms with E-state index in [1.54, 1.807) is 0 Å². The van der Waals surface area contributed by atoms with Crippen LogP contribution < -0.4 is 16.2 Å². The van der Waals surface area contributed by atoms with Crippen molar-refractivity contribution in [1.82, 2.24) is 0 Å². The summed E-state index contributed by atoms with van der Waals surface area (Å²) in [5.41, 5.74) is 15.3. The van der Waals surface area contributed by atoms with Crippen molar-refractivity contribution >= 4 is 0 Å². The Bertz CT molecular complexity index is 408. The molecule has 18 heavy (non-hydrogen) atoms. The van der Waals surface area contributed by atoms with Crippen molar-refractivity contribution in [3.8, 4) is 5.75 Å². The lowest BCUT2D eigenvalue weighted by molar-refractivity contribution is 0.331. The Balaban J connectivity index is 3.37. The summed E-state index contributed by atoms with van der Waals surface area (Å²) in [7, 11) is 0. The Kier molecular flexibility index (Phi) is 4.77. The van der Waals surface area contributed by atoms with Crippen LogP contribution in [0.25, 0.3) is 0 Å². The monoisotopic (exact) mass is 250 g/mol. The molecule has 0 fully saturated rings. The Morgan fingerprint density at radius 2 is 1.89 bits per heavy atom. The highest BCUT2D eigenvalue weighted by Crippen LogP contribution is 2.33. The van der Waals surface area contributed by atoms with E-state index in [-0.39, 0.29) is 11.5 Å². The first-order valence-corrected chi connectivity index (χ1v) is 6.54. The third-order valence-corrected chi connectivity index (χ3v) is 3.11. The number of nitrogens with two attached hydrogens (primary N) is 2. The standard InChI is InChI=1S/C15H26N2O/c1-6-18-14-10(2)7-11(15(3,4)5)8-12(14)13(17)9-16/h7-8,13H,6,9,16-17H2,1-5H3. The zero-order chi connectivity index (χ0) is 13.9. The number of aryl methyl sites for hydroxylation is 1. The highest BCUT2D eigenvalue weighted by atomic mass is 16.5. The number of rotatable bonds is 4. The van der Waals surface area contributed by atoms with Crippen LogP contribution in [0.5, 0.6) is 5.75 Å².